The molecule has 0 aromatic carbocycles. The number of ether oxygens (including phenoxy) is 1. The maximum atomic E-state index is 13.6. The molecule has 0 aliphatic heterocycles. The highest BCUT2D eigenvalue weighted by atomic mass is 19.3. The molecule has 2 aromatic rings. The van der Waals surface area contributed by atoms with Crippen molar-refractivity contribution in [3.63, 3.8) is 0 Å². The maximum Gasteiger partial charge on any atom is 0.407 e. The molecule has 2 heterocycles. The van der Waals surface area contributed by atoms with Crippen LogP contribution in [0.1, 0.15) is 57.3 Å². The number of halogens is 4. The first-order valence-corrected chi connectivity index (χ1v) is 10.1. The molecule has 0 saturated heterocycles. The summed E-state index contributed by atoms with van der Waals surface area (Å²) in [5.41, 5.74) is 0.0244. The van der Waals surface area contributed by atoms with Crippen molar-refractivity contribution in [2.75, 3.05) is 0 Å². The molecular weight excluding hydrogens is 434 g/mol. The lowest BCUT2D eigenvalue weighted by Gasteiger charge is -2.34. The monoisotopic (exact) mass is 459 g/mol. The number of hydrogen-bond acceptors (Lipinski definition) is 5. The predicted molar refractivity (Wildman–Crippen MR) is 105 cm³/mol. The molecule has 176 valence electrons. The van der Waals surface area contributed by atoms with E-state index in [0.717, 1.165) is 0 Å². The van der Waals surface area contributed by atoms with E-state index in [2.05, 4.69) is 20.7 Å². The molecule has 2 N–H and O–H groups in total. The number of carbonyl (C=O) groups is 2. The second-order valence-electron chi connectivity index (χ2n) is 8.89. The first-order chi connectivity index (χ1) is 14.8. The third-order valence-electron chi connectivity index (χ3n) is 4.78. The topological polar surface area (TPSA) is 97.6 Å². The smallest absolute Gasteiger partial charge is 0.407 e. The van der Waals surface area contributed by atoms with Gasteiger partial charge in [0.25, 0.3) is 6.43 Å². The number of amides is 2. The summed E-state index contributed by atoms with van der Waals surface area (Å²) in [5.74, 6) is -4.02. The highest BCUT2D eigenvalue weighted by Crippen LogP contribution is 2.44. The molecule has 2 amide bonds. The molecule has 2 aromatic heterocycles. The average Bonchev–Trinajstić information content (AvgIpc) is 3.03. The molecule has 32 heavy (non-hydrogen) atoms. The lowest BCUT2D eigenvalue weighted by Crippen LogP contribution is -2.40. The van der Waals surface area contributed by atoms with Crippen molar-refractivity contribution in [3.8, 4) is 0 Å². The summed E-state index contributed by atoms with van der Waals surface area (Å²) >= 11 is 0. The molecule has 1 fully saturated rings. The van der Waals surface area contributed by atoms with Gasteiger partial charge in [0.2, 0.25) is 11.8 Å². The van der Waals surface area contributed by atoms with Crippen LogP contribution in [0.15, 0.2) is 18.5 Å². The highest BCUT2D eigenvalue weighted by molar-refractivity contribution is 5.77. The summed E-state index contributed by atoms with van der Waals surface area (Å²) in [6.07, 6.45) is -1.94. The number of nitrogens with one attached hydrogen (secondary N) is 2. The van der Waals surface area contributed by atoms with E-state index in [4.69, 9.17) is 4.74 Å². The van der Waals surface area contributed by atoms with Crippen molar-refractivity contribution in [3.05, 3.63) is 29.7 Å². The molecule has 3 rings (SSSR count). The number of imidazole rings is 1. The van der Waals surface area contributed by atoms with Crippen LogP contribution in [-0.4, -0.2) is 44.5 Å². The first kappa shape index (κ1) is 23.7. The number of fused-ring (bicyclic) bond motifs is 1. The number of alkyl carbamates (subject to hydrolysis) is 1. The number of alkyl halides is 4. The molecule has 1 unspecified atom stereocenters. The van der Waals surface area contributed by atoms with Gasteiger partial charge in [0.1, 0.15) is 11.6 Å². The van der Waals surface area contributed by atoms with Crippen LogP contribution in [0.3, 0.4) is 0 Å². The summed E-state index contributed by atoms with van der Waals surface area (Å²) in [6, 6.07) is -0.306. The Balaban J connectivity index is 1.64. The van der Waals surface area contributed by atoms with Crippen LogP contribution in [0, 0.1) is 5.92 Å². The van der Waals surface area contributed by atoms with Crippen molar-refractivity contribution >= 4 is 17.6 Å². The molecule has 1 aliphatic carbocycles. The Morgan fingerprint density at radius 3 is 2.59 bits per heavy atom. The minimum Gasteiger partial charge on any atom is -0.444 e. The lowest BCUT2D eigenvalue weighted by molar-refractivity contribution is -0.135. The number of aromatic nitrogens is 3. The van der Waals surface area contributed by atoms with Crippen molar-refractivity contribution in [2.45, 2.75) is 70.6 Å². The normalized spacial score (nSPS) is 17.1. The van der Waals surface area contributed by atoms with Crippen molar-refractivity contribution < 1.29 is 31.9 Å². The average molecular weight is 459 g/mol. The Morgan fingerprint density at radius 2 is 2.00 bits per heavy atom. The molecular formula is C20H25F4N5O3. The van der Waals surface area contributed by atoms with E-state index in [1.165, 1.54) is 23.0 Å². The van der Waals surface area contributed by atoms with E-state index < -0.39 is 54.8 Å². The minimum atomic E-state index is -2.94. The Labute approximate surface area is 181 Å². The number of hydrogen-bond donors (Lipinski definition) is 2. The van der Waals surface area contributed by atoms with E-state index in [-0.39, 0.29) is 24.2 Å². The quantitative estimate of drug-likeness (QED) is 0.617. The molecule has 8 nitrogen and oxygen atoms in total. The summed E-state index contributed by atoms with van der Waals surface area (Å²) in [5, 5.41) is 8.78. The van der Waals surface area contributed by atoms with Gasteiger partial charge in [-0.05, 0) is 32.8 Å². The SMILES string of the molecule is CC(C)(C)OC(=O)NCc1cn2ncc(C(NC(=O)CC3CC(F)(F)C3)C(F)F)cc2n1. The molecule has 1 atom stereocenters. The van der Waals surface area contributed by atoms with E-state index >= 15 is 0 Å². The number of nitrogens with zero attached hydrogens (tertiary/aromatic N) is 3. The van der Waals surface area contributed by atoms with E-state index in [0.29, 0.717) is 5.69 Å². The fourth-order valence-corrected chi connectivity index (χ4v) is 3.39. The van der Waals surface area contributed by atoms with Gasteiger partial charge in [0, 0.05) is 24.8 Å². The standard InChI is InChI=1S/C20H25F4N5O3/c1-19(2,3)32-18(31)25-9-13-10-29-14(27-13)5-12(8-26-29)16(17(21)22)28-15(30)4-11-6-20(23,24)7-11/h5,8,10-11,16-17H,4,6-7,9H2,1-3H3,(H,25,31)(H,28,30). The molecule has 0 bridgehead atoms. The van der Waals surface area contributed by atoms with Gasteiger partial charge in [0.15, 0.2) is 5.65 Å². The number of carbonyl (C=O) groups excluding carboxylic acids is 2. The molecule has 0 radical (unpaired) electrons. The van der Waals surface area contributed by atoms with Crippen LogP contribution in [0.5, 0.6) is 0 Å². The Bertz CT molecular complexity index is 981. The van der Waals surface area contributed by atoms with Crippen molar-refractivity contribution in [2.24, 2.45) is 5.92 Å². The largest absolute Gasteiger partial charge is 0.444 e. The molecule has 1 saturated carbocycles. The maximum absolute atomic E-state index is 13.6. The van der Waals surface area contributed by atoms with Crippen LogP contribution >= 0.6 is 0 Å². The summed E-state index contributed by atoms with van der Waals surface area (Å²) in [4.78, 5) is 28.1. The van der Waals surface area contributed by atoms with Gasteiger partial charge in [-0.1, -0.05) is 0 Å². The highest BCUT2D eigenvalue weighted by Gasteiger charge is 2.46. The predicted octanol–water partition coefficient (Wildman–Crippen LogP) is 3.61. The molecule has 0 spiro atoms. The van der Waals surface area contributed by atoms with Crippen molar-refractivity contribution in [1.82, 2.24) is 25.2 Å². The summed E-state index contributed by atoms with van der Waals surface area (Å²) in [7, 11) is 0. The van der Waals surface area contributed by atoms with Gasteiger partial charge in [0.05, 0.1) is 24.6 Å². The van der Waals surface area contributed by atoms with E-state index in [9.17, 15) is 27.2 Å². The first-order valence-electron chi connectivity index (χ1n) is 10.1. The van der Waals surface area contributed by atoms with Gasteiger partial charge >= 0.3 is 6.09 Å². The fraction of sp³-hybridized carbons (Fsp3) is 0.600. The van der Waals surface area contributed by atoms with E-state index in [1.807, 2.05) is 0 Å². The van der Waals surface area contributed by atoms with Crippen LogP contribution in [0.2, 0.25) is 0 Å². The zero-order valence-corrected chi connectivity index (χ0v) is 17.9. The second kappa shape index (κ2) is 8.91. The van der Waals surface area contributed by atoms with Gasteiger partial charge < -0.3 is 15.4 Å². The third kappa shape index (κ3) is 6.30. The number of rotatable bonds is 7. The Hall–Kier alpha value is -2.92. The molecule has 1 aliphatic rings. The van der Waals surface area contributed by atoms with Gasteiger partial charge in [-0.2, -0.15) is 5.10 Å². The summed E-state index contributed by atoms with van der Waals surface area (Å²) in [6.45, 7) is 5.21. The van der Waals surface area contributed by atoms with Crippen LogP contribution in [0.25, 0.3) is 5.65 Å². The van der Waals surface area contributed by atoms with Gasteiger partial charge in [-0.3, -0.25) is 4.79 Å². The second-order valence-corrected chi connectivity index (χ2v) is 8.89. The van der Waals surface area contributed by atoms with Gasteiger partial charge in [-0.25, -0.2) is 31.9 Å². The summed E-state index contributed by atoms with van der Waals surface area (Å²) < 4.78 is 59.5. The molecule has 12 heteroatoms. The van der Waals surface area contributed by atoms with Crippen LogP contribution in [0.4, 0.5) is 22.4 Å². The lowest BCUT2D eigenvalue weighted by atomic mass is 9.79. The zero-order chi connectivity index (χ0) is 23.7. The minimum absolute atomic E-state index is 0.0250. The van der Waals surface area contributed by atoms with Gasteiger partial charge in [-0.15, -0.1) is 0 Å². The fourth-order valence-electron chi connectivity index (χ4n) is 3.39. The zero-order valence-electron chi connectivity index (χ0n) is 17.9. The Kier molecular flexibility index (Phi) is 6.61. The van der Waals surface area contributed by atoms with Crippen LogP contribution < -0.4 is 10.6 Å². The van der Waals surface area contributed by atoms with Crippen molar-refractivity contribution in [1.29, 1.82) is 0 Å². The van der Waals surface area contributed by atoms with Crippen LogP contribution in [-0.2, 0) is 16.1 Å². The third-order valence-corrected chi connectivity index (χ3v) is 4.78. The van der Waals surface area contributed by atoms with E-state index in [1.54, 1.807) is 20.8 Å². The Morgan fingerprint density at radius 1 is 1.31 bits per heavy atom.